The third-order valence-electron chi connectivity index (χ3n) is 8.56. The maximum atomic E-state index is 15.0. The Morgan fingerprint density at radius 1 is 1.09 bits per heavy atom. The van der Waals surface area contributed by atoms with Gasteiger partial charge in [0, 0.05) is 63.1 Å². The van der Waals surface area contributed by atoms with Gasteiger partial charge in [-0.25, -0.2) is 0 Å². The van der Waals surface area contributed by atoms with E-state index in [1.54, 1.807) is 6.92 Å². The van der Waals surface area contributed by atoms with Gasteiger partial charge in [-0.2, -0.15) is 0 Å². The normalized spacial score (nSPS) is 22.1. The Labute approximate surface area is 269 Å². The molecule has 2 aliphatic heterocycles. The first-order valence-corrected chi connectivity index (χ1v) is 16.5. The van der Waals surface area contributed by atoms with Crippen LogP contribution in [0.1, 0.15) is 48.9 Å². The smallest absolute Gasteiger partial charge is 0.242 e. The number of carbonyl (C=O) groups is 3. The standard InChI is InChI=1S/C34H33BrClN3O3S/c1-21-3-10-27(11-4-21)43-34(33(42)38-14-13-24(19-38)15-22(2)40)17-31(41)39(20-23-5-7-25(35)8-6-23)32(34)29-18-37-30-16-26(36)9-12-28(29)30/h3-12,16,18,24,32,37H,13-15,17,19-20H2,1-2H3/t24-,32+,34+/m1/s1. The van der Waals surface area contributed by atoms with Gasteiger partial charge >= 0.3 is 0 Å². The molecule has 222 valence electrons. The van der Waals surface area contributed by atoms with Crippen LogP contribution in [0.2, 0.25) is 5.02 Å². The van der Waals surface area contributed by atoms with E-state index in [1.165, 1.54) is 11.8 Å². The maximum Gasteiger partial charge on any atom is 0.242 e. The van der Waals surface area contributed by atoms with Gasteiger partial charge in [-0.1, -0.05) is 63.4 Å². The number of aromatic amines is 1. The zero-order valence-electron chi connectivity index (χ0n) is 24.1. The summed E-state index contributed by atoms with van der Waals surface area (Å²) in [4.78, 5) is 49.1. The molecule has 0 radical (unpaired) electrons. The van der Waals surface area contributed by atoms with E-state index in [4.69, 9.17) is 11.6 Å². The lowest BCUT2D eigenvalue weighted by molar-refractivity contribution is -0.134. The molecule has 43 heavy (non-hydrogen) atoms. The number of nitrogens with one attached hydrogen (secondary N) is 1. The van der Waals surface area contributed by atoms with Gasteiger partial charge in [-0.05, 0) is 68.1 Å². The molecule has 2 aliphatic rings. The molecule has 0 saturated carbocycles. The Bertz CT molecular complexity index is 1690. The molecular formula is C34H33BrClN3O3S. The SMILES string of the molecule is CC(=O)C[C@H]1CCN(C(=O)[C@]2(Sc3ccc(C)cc3)CC(=O)N(Cc3ccc(Br)cc3)[C@H]2c2c[nH]c3cc(Cl)ccc23)C1. The number of nitrogens with zero attached hydrogens (tertiary/aromatic N) is 2. The highest BCUT2D eigenvalue weighted by Crippen LogP contribution is 2.55. The molecule has 3 atom stereocenters. The van der Waals surface area contributed by atoms with Gasteiger partial charge < -0.3 is 19.6 Å². The summed E-state index contributed by atoms with van der Waals surface area (Å²) in [6.07, 6.45) is 3.24. The van der Waals surface area contributed by atoms with Crippen molar-refractivity contribution in [3.05, 3.63) is 99.1 Å². The van der Waals surface area contributed by atoms with E-state index in [-0.39, 0.29) is 29.9 Å². The first kappa shape index (κ1) is 30.0. The van der Waals surface area contributed by atoms with Crippen LogP contribution >= 0.6 is 39.3 Å². The average Bonchev–Trinajstić information content (AvgIpc) is 3.67. The minimum Gasteiger partial charge on any atom is -0.361 e. The van der Waals surface area contributed by atoms with Crippen molar-refractivity contribution in [3.8, 4) is 0 Å². The van der Waals surface area contributed by atoms with Crippen LogP contribution < -0.4 is 0 Å². The number of amides is 2. The van der Waals surface area contributed by atoms with E-state index in [1.807, 2.05) is 89.7 Å². The number of ketones is 1. The highest BCUT2D eigenvalue weighted by atomic mass is 79.9. The quantitative estimate of drug-likeness (QED) is 0.207. The monoisotopic (exact) mass is 677 g/mol. The van der Waals surface area contributed by atoms with Crippen LogP contribution in [0.15, 0.2) is 82.3 Å². The second-order valence-electron chi connectivity index (χ2n) is 11.8. The molecule has 3 heterocycles. The number of Topliss-reactive ketones (excluding diaryl/α,β-unsaturated/α-hetero) is 1. The fourth-order valence-electron chi connectivity index (χ4n) is 6.55. The Hall–Kier alpha value is -3.07. The topological polar surface area (TPSA) is 73.5 Å². The second kappa shape index (κ2) is 12.1. The van der Waals surface area contributed by atoms with Gasteiger partial charge in [0.2, 0.25) is 11.8 Å². The zero-order valence-corrected chi connectivity index (χ0v) is 27.3. The number of thioether (sulfide) groups is 1. The average molecular weight is 679 g/mol. The third kappa shape index (κ3) is 6.02. The molecule has 2 saturated heterocycles. The molecule has 2 fully saturated rings. The highest BCUT2D eigenvalue weighted by molar-refractivity contribution is 9.10. The van der Waals surface area contributed by atoms with Gasteiger partial charge in [0.1, 0.15) is 10.5 Å². The minimum absolute atomic E-state index is 0.0518. The van der Waals surface area contributed by atoms with Crippen LogP contribution in [0.3, 0.4) is 0 Å². The predicted molar refractivity (Wildman–Crippen MR) is 175 cm³/mol. The number of hydrogen-bond acceptors (Lipinski definition) is 4. The van der Waals surface area contributed by atoms with Crippen LogP contribution in [-0.4, -0.2) is 50.2 Å². The van der Waals surface area contributed by atoms with Crippen molar-refractivity contribution in [2.75, 3.05) is 13.1 Å². The molecule has 1 N–H and O–H groups in total. The summed E-state index contributed by atoms with van der Waals surface area (Å²) in [7, 11) is 0. The number of aryl methyl sites for hydroxylation is 1. The van der Waals surface area contributed by atoms with Crippen molar-refractivity contribution in [2.24, 2.45) is 5.92 Å². The van der Waals surface area contributed by atoms with Gasteiger partial charge in [-0.15, -0.1) is 11.8 Å². The van der Waals surface area contributed by atoms with Gasteiger partial charge in [-0.3, -0.25) is 9.59 Å². The number of aromatic nitrogens is 1. The van der Waals surface area contributed by atoms with Crippen molar-refractivity contribution in [2.45, 2.75) is 55.3 Å². The predicted octanol–water partition coefficient (Wildman–Crippen LogP) is 7.72. The van der Waals surface area contributed by atoms with Crippen LogP contribution in [0, 0.1) is 12.8 Å². The Morgan fingerprint density at radius 3 is 2.56 bits per heavy atom. The summed E-state index contributed by atoms with van der Waals surface area (Å²) >= 11 is 11.3. The molecule has 0 spiro atoms. The van der Waals surface area contributed by atoms with E-state index in [2.05, 4.69) is 20.9 Å². The van der Waals surface area contributed by atoms with Crippen molar-refractivity contribution < 1.29 is 14.4 Å². The molecule has 2 amide bonds. The molecule has 6 nitrogen and oxygen atoms in total. The van der Waals surface area contributed by atoms with Gasteiger partial charge in [0.05, 0.1) is 12.5 Å². The fraction of sp³-hybridized carbons (Fsp3) is 0.324. The Morgan fingerprint density at radius 2 is 1.84 bits per heavy atom. The number of benzene rings is 3. The van der Waals surface area contributed by atoms with Crippen LogP contribution in [0.4, 0.5) is 0 Å². The fourth-order valence-corrected chi connectivity index (χ4v) is 8.46. The van der Waals surface area contributed by atoms with Gasteiger partial charge in [0.25, 0.3) is 0 Å². The molecule has 3 aromatic carbocycles. The number of likely N-dealkylation sites (tertiary alicyclic amines) is 2. The molecular weight excluding hydrogens is 646 g/mol. The summed E-state index contributed by atoms with van der Waals surface area (Å²) in [5.41, 5.74) is 3.85. The lowest BCUT2D eigenvalue weighted by Gasteiger charge is -2.38. The van der Waals surface area contributed by atoms with Crippen molar-refractivity contribution in [1.82, 2.24) is 14.8 Å². The van der Waals surface area contributed by atoms with Crippen LogP contribution in [-0.2, 0) is 20.9 Å². The molecule has 6 rings (SSSR count). The summed E-state index contributed by atoms with van der Waals surface area (Å²) < 4.78 is -0.163. The molecule has 9 heteroatoms. The second-order valence-corrected chi connectivity index (χ2v) is 14.5. The summed E-state index contributed by atoms with van der Waals surface area (Å²) in [5.74, 6) is 0.149. The lowest BCUT2D eigenvalue weighted by Crippen LogP contribution is -2.49. The lowest BCUT2D eigenvalue weighted by atomic mass is 9.90. The number of fused-ring (bicyclic) bond motifs is 1. The molecule has 0 unspecified atom stereocenters. The van der Waals surface area contributed by atoms with Crippen molar-refractivity contribution in [3.63, 3.8) is 0 Å². The maximum absolute atomic E-state index is 15.0. The molecule has 0 aliphatic carbocycles. The van der Waals surface area contributed by atoms with Gasteiger partial charge in [0.15, 0.2) is 0 Å². The number of hydrogen-bond donors (Lipinski definition) is 1. The first-order chi connectivity index (χ1) is 20.6. The van der Waals surface area contributed by atoms with Crippen LogP contribution in [0.5, 0.6) is 0 Å². The summed E-state index contributed by atoms with van der Waals surface area (Å²) in [6.45, 7) is 5.10. The Balaban J connectivity index is 1.50. The number of H-pyrrole nitrogens is 1. The molecule has 1 aromatic heterocycles. The highest BCUT2D eigenvalue weighted by Gasteiger charge is 2.60. The van der Waals surface area contributed by atoms with E-state index in [0.717, 1.165) is 43.4 Å². The zero-order chi connectivity index (χ0) is 30.3. The largest absolute Gasteiger partial charge is 0.361 e. The third-order valence-corrected chi connectivity index (χ3v) is 10.7. The first-order valence-electron chi connectivity index (χ1n) is 14.5. The Kier molecular flexibility index (Phi) is 8.46. The number of carbonyl (C=O) groups excluding carboxylic acids is 3. The van der Waals surface area contributed by atoms with E-state index in [9.17, 15) is 14.4 Å². The van der Waals surface area contributed by atoms with Crippen LogP contribution in [0.25, 0.3) is 10.9 Å². The number of rotatable bonds is 8. The molecule has 4 aromatic rings. The summed E-state index contributed by atoms with van der Waals surface area (Å²) in [6, 6.07) is 21.2. The van der Waals surface area contributed by atoms with Crippen molar-refractivity contribution in [1.29, 1.82) is 0 Å². The van der Waals surface area contributed by atoms with Crippen molar-refractivity contribution >= 4 is 67.8 Å². The number of halogens is 2. The minimum atomic E-state index is -1.12. The summed E-state index contributed by atoms with van der Waals surface area (Å²) in [5, 5.41) is 1.54. The van der Waals surface area contributed by atoms with E-state index < -0.39 is 10.8 Å². The van der Waals surface area contributed by atoms with E-state index >= 15 is 0 Å². The molecule has 0 bridgehead atoms. The van der Waals surface area contributed by atoms with E-state index in [0.29, 0.717) is 31.1 Å².